The van der Waals surface area contributed by atoms with Crippen LogP contribution in [0.4, 0.5) is 4.39 Å². The van der Waals surface area contributed by atoms with E-state index in [9.17, 15) is 9.18 Å². The van der Waals surface area contributed by atoms with Crippen molar-refractivity contribution < 1.29 is 9.18 Å². The van der Waals surface area contributed by atoms with Gasteiger partial charge in [0.05, 0.1) is 0 Å². The summed E-state index contributed by atoms with van der Waals surface area (Å²) >= 11 is 0. The van der Waals surface area contributed by atoms with Crippen molar-refractivity contribution in [1.29, 1.82) is 0 Å². The van der Waals surface area contributed by atoms with Gasteiger partial charge in [0, 0.05) is 25.6 Å². The second kappa shape index (κ2) is 8.97. The lowest BCUT2D eigenvalue weighted by Gasteiger charge is -2.24. The third-order valence-electron chi connectivity index (χ3n) is 4.44. The molecule has 1 amide bonds. The topological polar surface area (TPSA) is 46.3 Å². The second-order valence-electron chi connectivity index (χ2n) is 6.57. The molecule has 0 radical (unpaired) electrons. The number of amides is 1. The van der Waals surface area contributed by atoms with Crippen LogP contribution in [-0.4, -0.2) is 17.4 Å². The van der Waals surface area contributed by atoms with Crippen molar-refractivity contribution >= 4 is 18.3 Å². The average molecular weight is 363 g/mol. The quantitative estimate of drug-likeness (QED) is 0.806. The Bertz CT molecular complexity index is 674. The SMILES string of the molecule is Cl.NC(CC(=O)N(Cc1ccc(F)cc1)CC1CC1)c1ccccc1. The van der Waals surface area contributed by atoms with Gasteiger partial charge in [0.1, 0.15) is 5.82 Å². The first kappa shape index (κ1) is 19.4. The standard InChI is InChI=1S/C20H23FN2O.ClH/c21-18-10-8-16(9-11-18)14-23(13-15-6-7-15)20(24)12-19(22)17-4-2-1-3-5-17;/h1-5,8-11,15,19H,6-7,12-14,22H2;1H. The van der Waals surface area contributed by atoms with Crippen LogP contribution in [0, 0.1) is 11.7 Å². The van der Waals surface area contributed by atoms with Gasteiger partial charge in [0.25, 0.3) is 0 Å². The zero-order chi connectivity index (χ0) is 16.9. The van der Waals surface area contributed by atoms with Crippen molar-refractivity contribution in [2.75, 3.05) is 6.54 Å². The Kier molecular flexibility index (Phi) is 6.97. The average Bonchev–Trinajstić information content (AvgIpc) is 3.41. The van der Waals surface area contributed by atoms with Gasteiger partial charge in [-0.25, -0.2) is 4.39 Å². The summed E-state index contributed by atoms with van der Waals surface area (Å²) in [6.07, 6.45) is 2.65. The van der Waals surface area contributed by atoms with Gasteiger partial charge in [-0.15, -0.1) is 12.4 Å². The molecule has 0 saturated heterocycles. The molecule has 0 aliphatic heterocycles. The molecule has 1 unspecified atom stereocenters. The molecule has 25 heavy (non-hydrogen) atoms. The van der Waals surface area contributed by atoms with E-state index in [0.717, 1.165) is 17.7 Å². The molecule has 134 valence electrons. The Labute approximate surface area is 154 Å². The van der Waals surface area contributed by atoms with Gasteiger partial charge >= 0.3 is 0 Å². The summed E-state index contributed by atoms with van der Waals surface area (Å²) in [5, 5.41) is 0. The lowest BCUT2D eigenvalue weighted by molar-refractivity contribution is -0.132. The summed E-state index contributed by atoms with van der Waals surface area (Å²) in [6, 6.07) is 15.7. The zero-order valence-corrected chi connectivity index (χ0v) is 14.9. The van der Waals surface area contributed by atoms with Crippen molar-refractivity contribution in [1.82, 2.24) is 4.90 Å². The summed E-state index contributed by atoms with van der Waals surface area (Å²) in [4.78, 5) is 14.6. The molecule has 1 aliphatic rings. The fraction of sp³-hybridized carbons (Fsp3) is 0.350. The lowest BCUT2D eigenvalue weighted by atomic mass is 10.0. The van der Waals surface area contributed by atoms with E-state index in [1.807, 2.05) is 35.2 Å². The molecule has 3 rings (SSSR count). The summed E-state index contributed by atoms with van der Waals surface area (Å²) in [5.41, 5.74) is 8.11. The van der Waals surface area contributed by atoms with Crippen LogP contribution in [0.3, 0.4) is 0 Å². The van der Waals surface area contributed by atoms with E-state index in [0.29, 0.717) is 12.5 Å². The maximum atomic E-state index is 13.1. The highest BCUT2D eigenvalue weighted by atomic mass is 35.5. The fourth-order valence-corrected chi connectivity index (χ4v) is 2.81. The first-order valence-corrected chi connectivity index (χ1v) is 8.44. The third-order valence-corrected chi connectivity index (χ3v) is 4.44. The van der Waals surface area contributed by atoms with Crippen LogP contribution in [0.25, 0.3) is 0 Å². The molecule has 5 heteroatoms. The Hall–Kier alpha value is -1.91. The Morgan fingerprint density at radius 1 is 1.12 bits per heavy atom. The molecule has 0 bridgehead atoms. The number of carbonyl (C=O) groups excluding carboxylic acids is 1. The third kappa shape index (κ3) is 5.83. The van der Waals surface area contributed by atoms with E-state index in [-0.39, 0.29) is 36.6 Å². The van der Waals surface area contributed by atoms with Gasteiger partial charge in [-0.05, 0) is 42.0 Å². The molecule has 0 spiro atoms. The van der Waals surface area contributed by atoms with E-state index in [2.05, 4.69) is 0 Å². The first-order chi connectivity index (χ1) is 11.6. The van der Waals surface area contributed by atoms with E-state index < -0.39 is 0 Å². The molecule has 1 aliphatic carbocycles. The molecule has 3 nitrogen and oxygen atoms in total. The van der Waals surface area contributed by atoms with Crippen molar-refractivity contribution in [3.63, 3.8) is 0 Å². The minimum atomic E-state index is -0.298. The Morgan fingerprint density at radius 3 is 2.36 bits per heavy atom. The molecule has 2 aromatic carbocycles. The van der Waals surface area contributed by atoms with E-state index in [1.54, 1.807) is 12.1 Å². The summed E-state index contributed by atoms with van der Waals surface area (Å²) in [5.74, 6) is 0.398. The maximum Gasteiger partial charge on any atom is 0.224 e. The number of nitrogens with two attached hydrogens (primary N) is 1. The van der Waals surface area contributed by atoms with Gasteiger partial charge in [-0.3, -0.25) is 4.79 Å². The smallest absolute Gasteiger partial charge is 0.224 e. The number of carbonyl (C=O) groups is 1. The number of rotatable bonds is 7. The van der Waals surface area contributed by atoms with Crippen molar-refractivity contribution in [2.24, 2.45) is 11.7 Å². The molecule has 2 aromatic rings. The fourth-order valence-electron chi connectivity index (χ4n) is 2.81. The summed E-state index contributed by atoms with van der Waals surface area (Å²) in [6.45, 7) is 1.27. The van der Waals surface area contributed by atoms with E-state index in [4.69, 9.17) is 5.73 Å². The van der Waals surface area contributed by atoms with Gasteiger partial charge in [0.15, 0.2) is 0 Å². The number of hydrogen-bond acceptors (Lipinski definition) is 2. The molecule has 0 aromatic heterocycles. The highest BCUT2D eigenvalue weighted by Gasteiger charge is 2.27. The number of hydrogen-bond donors (Lipinski definition) is 1. The van der Waals surface area contributed by atoms with Crippen LogP contribution >= 0.6 is 12.4 Å². The minimum Gasteiger partial charge on any atom is -0.338 e. The van der Waals surface area contributed by atoms with Gasteiger partial charge in [0.2, 0.25) is 5.91 Å². The number of halogens is 2. The van der Waals surface area contributed by atoms with E-state index >= 15 is 0 Å². The highest BCUT2D eigenvalue weighted by Crippen LogP contribution is 2.30. The van der Waals surface area contributed by atoms with Gasteiger partial charge in [-0.2, -0.15) is 0 Å². The van der Waals surface area contributed by atoms with Crippen LogP contribution in [0.1, 0.15) is 36.4 Å². The van der Waals surface area contributed by atoms with Crippen molar-refractivity contribution in [3.8, 4) is 0 Å². The minimum absolute atomic E-state index is 0. The lowest BCUT2D eigenvalue weighted by Crippen LogP contribution is -2.34. The Morgan fingerprint density at radius 2 is 1.76 bits per heavy atom. The predicted octanol–water partition coefficient (Wildman–Crippen LogP) is 4.08. The summed E-state index contributed by atoms with van der Waals surface area (Å²) in [7, 11) is 0. The van der Waals surface area contributed by atoms with Crippen LogP contribution in [-0.2, 0) is 11.3 Å². The molecule has 1 atom stereocenters. The Balaban J connectivity index is 0.00000225. The molecule has 2 N–H and O–H groups in total. The van der Waals surface area contributed by atoms with Crippen LogP contribution in [0.15, 0.2) is 54.6 Å². The second-order valence-corrected chi connectivity index (χ2v) is 6.57. The van der Waals surface area contributed by atoms with Crippen LogP contribution in [0.5, 0.6) is 0 Å². The van der Waals surface area contributed by atoms with Crippen molar-refractivity contribution in [2.45, 2.75) is 31.8 Å². The van der Waals surface area contributed by atoms with Crippen LogP contribution < -0.4 is 5.73 Å². The van der Waals surface area contributed by atoms with Crippen LogP contribution in [0.2, 0.25) is 0 Å². The monoisotopic (exact) mass is 362 g/mol. The predicted molar refractivity (Wildman–Crippen MR) is 99.8 cm³/mol. The molecule has 0 heterocycles. The molecule has 1 saturated carbocycles. The first-order valence-electron chi connectivity index (χ1n) is 8.44. The van der Waals surface area contributed by atoms with Gasteiger partial charge < -0.3 is 10.6 Å². The largest absolute Gasteiger partial charge is 0.338 e. The highest BCUT2D eigenvalue weighted by molar-refractivity contribution is 5.85. The summed E-state index contributed by atoms with van der Waals surface area (Å²) < 4.78 is 13.1. The maximum absolute atomic E-state index is 13.1. The van der Waals surface area contributed by atoms with Gasteiger partial charge in [-0.1, -0.05) is 42.5 Å². The molecular weight excluding hydrogens is 339 g/mol. The number of nitrogens with zero attached hydrogens (tertiary/aromatic N) is 1. The molecular formula is C20H24ClFN2O. The molecule has 1 fully saturated rings. The zero-order valence-electron chi connectivity index (χ0n) is 14.1. The van der Waals surface area contributed by atoms with Crippen molar-refractivity contribution in [3.05, 3.63) is 71.5 Å². The number of benzene rings is 2. The normalized spacial score (nSPS) is 14.5. The van der Waals surface area contributed by atoms with E-state index in [1.165, 1.54) is 25.0 Å².